The number of aliphatic hydroxyl groups is 2. The number of hydrogen-bond acceptors (Lipinski definition) is 7. The minimum absolute atomic E-state index is 0.600. The second-order valence-electron chi connectivity index (χ2n) is 7.89. The number of ether oxygens (including phenoxy) is 2. The van der Waals surface area contributed by atoms with Gasteiger partial charge in [-0.3, -0.25) is 14.9 Å². The van der Waals surface area contributed by atoms with Crippen LogP contribution in [0.2, 0.25) is 0 Å². The fourth-order valence-corrected chi connectivity index (χ4v) is 3.84. The first-order chi connectivity index (χ1) is 15.5. The highest BCUT2D eigenvalue weighted by Crippen LogP contribution is 2.33. The summed E-state index contributed by atoms with van der Waals surface area (Å²) in [5.74, 6) is 5.35. The number of benzene rings is 2. The number of rotatable bonds is 4. The summed E-state index contributed by atoms with van der Waals surface area (Å²) in [7, 11) is 0. The molecule has 0 radical (unpaired) electrons. The minimum Gasteiger partial charge on any atom is -0.387 e. The first kappa shape index (κ1) is 22.4. The maximum Gasteiger partial charge on any atom is 0.275 e. The molecule has 2 aromatic carbocycles. The van der Waals surface area contributed by atoms with Crippen LogP contribution in [0.15, 0.2) is 48.5 Å². The molecular formula is C24H26N2O6. The van der Waals surface area contributed by atoms with Crippen molar-refractivity contribution in [3.63, 3.8) is 0 Å². The number of nitrogens with zero attached hydrogens (tertiary/aromatic N) is 1. The Morgan fingerprint density at radius 2 is 1.56 bits per heavy atom. The molecule has 0 aromatic heterocycles. The van der Waals surface area contributed by atoms with Crippen molar-refractivity contribution in [3.05, 3.63) is 70.8 Å². The minimum atomic E-state index is -1.43. The van der Waals surface area contributed by atoms with Crippen molar-refractivity contribution in [2.24, 2.45) is 0 Å². The van der Waals surface area contributed by atoms with Gasteiger partial charge in [-0.25, -0.2) is 5.48 Å². The van der Waals surface area contributed by atoms with Crippen molar-refractivity contribution in [1.29, 1.82) is 0 Å². The van der Waals surface area contributed by atoms with Crippen LogP contribution in [0.4, 0.5) is 0 Å². The van der Waals surface area contributed by atoms with Gasteiger partial charge in [0.15, 0.2) is 6.10 Å². The number of aliphatic hydroxyl groups excluding tert-OH is 2. The number of carbonyl (C=O) groups is 1. The van der Waals surface area contributed by atoms with E-state index in [1.165, 1.54) is 11.0 Å². The standard InChI is InChI=1S/C24H26N2O6/c27-20-21(28)23(24(29)25-30)32-22(20)19-9-7-17(8-10-19)2-1-16-3-5-18(6-4-16)15-26-11-13-31-14-12-26/h3-10,20-23,27-28,30H,11-15H2,(H,25,29)/t20-,21+,22+,23+/m0/s1. The molecule has 2 aromatic rings. The maximum atomic E-state index is 11.6. The summed E-state index contributed by atoms with van der Waals surface area (Å²) in [5.41, 5.74) is 4.97. The monoisotopic (exact) mass is 438 g/mol. The SMILES string of the molecule is O=C(NO)[C@@H]1O[C@H](c2ccc(C#Cc3ccc(CN4CCOCC4)cc3)cc2)[C@@H](O)[C@H]1O. The Balaban J connectivity index is 1.38. The molecule has 0 saturated carbocycles. The zero-order valence-electron chi connectivity index (χ0n) is 17.5. The summed E-state index contributed by atoms with van der Waals surface area (Å²) in [6, 6.07) is 15.2. The van der Waals surface area contributed by atoms with Crippen LogP contribution in [-0.2, 0) is 20.8 Å². The Morgan fingerprint density at radius 3 is 2.16 bits per heavy atom. The summed E-state index contributed by atoms with van der Waals surface area (Å²) < 4.78 is 10.8. The smallest absolute Gasteiger partial charge is 0.275 e. The first-order valence-corrected chi connectivity index (χ1v) is 10.5. The maximum absolute atomic E-state index is 11.6. The van der Waals surface area contributed by atoms with Crippen molar-refractivity contribution in [3.8, 4) is 11.8 Å². The van der Waals surface area contributed by atoms with E-state index in [4.69, 9.17) is 14.7 Å². The van der Waals surface area contributed by atoms with Crippen LogP contribution in [0.1, 0.15) is 28.4 Å². The van der Waals surface area contributed by atoms with E-state index in [1.807, 2.05) is 12.1 Å². The van der Waals surface area contributed by atoms with Gasteiger partial charge in [0.05, 0.1) is 13.2 Å². The molecule has 4 N–H and O–H groups in total. The number of nitrogens with one attached hydrogen (secondary N) is 1. The summed E-state index contributed by atoms with van der Waals surface area (Å²) in [6.07, 6.45) is -4.94. The van der Waals surface area contributed by atoms with Gasteiger partial charge in [0.25, 0.3) is 5.91 Å². The van der Waals surface area contributed by atoms with Gasteiger partial charge in [-0.2, -0.15) is 0 Å². The molecule has 0 bridgehead atoms. The lowest BCUT2D eigenvalue weighted by Crippen LogP contribution is -2.41. The highest BCUT2D eigenvalue weighted by molar-refractivity contribution is 5.80. The molecule has 4 atom stereocenters. The van der Waals surface area contributed by atoms with Crippen molar-refractivity contribution >= 4 is 5.91 Å². The Bertz CT molecular complexity index is 976. The van der Waals surface area contributed by atoms with Gasteiger partial charge in [0, 0.05) is 30.8 Å². The number of carbonyl (C=O) groups excluding carboxylic acids is 1. The molecule has 0 spiro atoms. The fourth-order valence-electron chi connectivity index (χ4n) is 3.84. The predicted molar refractivity (Wildman–Crippen MR) is 115 cm³/mol. The molecule has 0 aliphatic carbocycles. The normalized spacial score (nSPS) is 25.7. The van der Waals surface area contributed by atoms with Crippen LogP contribution in [0.5, 0.6) is 0 Å². The molecule has 1 amide bonds. The molecule has 8 nitrogen and oxygen atoms in total. The third kappa shape index (κ3) is 5.16. The second kappa shape index (κ2) is 10.2. The molecule has 4 rings (SSSR count). The molecule has 2 aliphatic heterocycles. The van der Waals surface area contributed by atoms with E-state index in [0.717, 1.165) is 44.0 Å². The summed E-state index contributed by atoms with van der Waals surface area (Å²) >= 11 is 0. The lowest BCUT2D eigenvalue weighted by molar-refractivity contribution is -0.144. The van der Waals surface area contributed by atoms with Crippen molar-refractivity contribution in [2.75, 3.05) is 26.3 Å². The predicted octanol–water partition coefficient (Wildman–Crippen LogP) is 0.586. The number of morpholine rings is 1. The van der Waals surface area contributed by atoms with Crippen LogP contribution in [0.25, 0.3) is 0 Å². The van der Waals surface area contributed by atoms with Crippen LogP contribution in [0, 0.1) is 11.8 Å². The quantitative estimate of drug-likeness (QED) is 0.314. The molecule has 32 heavy (non-hydrogen) atoms. The van der Waals surface area contributed by atoms with E-state index in [0.29, 0.717) is 5.56 Å². The molecule has 2 heterocycles. The van der Waals surface area contributed by atoms with Crippen LogP contribution in [-0.4, -0.2) is 70.8 Å². The van der Waals surface area contributed by atoms with E-state index < -0.39 is 30.3 Å². The molecule has 2 aliphatic rings. The average molecular weight is 438 g/mol. The van der Waals surface area contributed by atoms with Crippen LogP contribution >= 0.6 is 0 Å². The van der Waals surface area contributed by atoms with Gasteiger partial charge in [-0.05, 0) is 35.4 Å². The van der Waals surface area contributed by atoms with E-state index in [9.17, 15) is 15.0 Å². The van der Waals surface area contributed by atoms with Gasteiger partial charge in [0.2, 0.25) is 0 Å². The number of hydrogen-bond donors (Lipinski definition) is 4. The third-order valence-corrected chi connectivity index (χ3v) is 5.69. The lowest BCUT2D eigenvalue weighted by Gasteiger charge is -2.26. The van der Waals surface area contributed by atoms with Crippen molar-refractivity contribution in [2.45, 2.75) is 31.0 Å². The molecule has 168 valence electrons. The Morgan fingerprint density at radius 1 is 0.969 bits per heavy atom. The summed E-state index contributed by atoms with van der Waals surface area (Å²) in [5, 5.41) is 28.9. The number of hydroxylamine groups is 1. The molecule has 2 fully saturated rings. The summed E-state index contributed by atoms with van der Waals surface area (Å²) in [6.45, 7) is 4.38. The fraction of sp³-hybridized carbons (Fsp3) is 0.375. The third-order valence-electron chi connectivity index (χ3n) is 5.69. The lowest BCUT2D eigenvalue weighted by atomic mass is 10.0. The van der Waals surface area contributed by atoms with Crippen molar-refractivity contribution in [1.82, 2.24) is 10.4 Å². The van der Waals surface area contributed by atoms with E-state index in [1.54, 1.807) is 24.3 Å². The van der Waals surface area contributed by atoms with E-state index in [-0.39, 0.29) is 0 Å². The Hall–Kier alpha value is -2.77. The molecule has 8 heteroatoms. The van der Waals surface area contributed by atoms with Crippen molar-refractivity contribution < 1.29 is 29.7 Å². The molecular weight excluding hydrogens is 412 g/mol. The van der Waals surface area contributed by atoms with E-state index in [2.05, 4.69) is 28.9 Å². The largest absolute Gasteiger partial charge is 0.387 e. The Labute approximate surface area is 186 Å². The first-order valence-electron chi connectivity index (χ1n) is 10.5. The molecule has 0 unspecified atom stereocenters. The highest BCUT2D eigenvalue weighted by atomic mass is 16.6. The number of amides is 1. The van der Waals surface area contributed by atoms with Crippen LogP contribution < -0.4 is 5.48 Å². The highest BCUT2D eigenvalue weighted by Gasteiger charge is 2.46. The van der Waals surface area contributed by atoms with E-state index >= 15 is 0 Å². The second-order valence-corrected chi connectivity index (χ2v) is 7.89. The average Bonchev–Trinajstić information content (AvgIpc) is 3.13. The zero-order valence-corrected chi connectivity index (χ0v) is 17.5. The zero-order chi connectivity index (χ0) is 22.5. The van der Waals surface area contributed by atoms with Gasteiger partial charge >= 0.3 is 0 Å². The van der Waals surface area contributed by atoms with Crippen LogP contribution in [0.3, 0.4) is 0 Å². The van der Waals surface area contributed by atoms with Gasteiger partial charge < -0.3 is 19.7 Å². The molecule has 2 saturated heterocycles. The topological polar surface area (TPSA) is 111 Å². The Kier molecular flexibility index (Phi) is 7.17. The summed E-state index contributed by atoms with van der Waals surface area (Å²) in [4.78, 5) is 13.9. The van der Waals surface area contributed by atoms with Gasteiger partial charge in [0.1, 0.15) is 18.3 Å². The van der Waals surface area contributed by atoms with Gasteiger partial charge in [-0.1, -0.05) is 36.1 Å². The van der Waals surface area contributed by atoms with Gasteiger partial charge in [-0.15, -0.1) is 0 Å².